The van der Waals surface area contributed by atoms with Gasteiger partial charge in [0.2, 0.25) is 0 Å². The second-order valence-electron chi connectivity index (χ2n) is 4.89. The highest BCUT2D eigenvalue weighted by Crippen LogP contribution is 2.41. The Morgan fingerprint density at radius 1 is 1.25 bits per heavy atom. The molecule has 2 heteroatoms. The van der Waals surface area contributed by atoms with Gasteiger partial charge in [-0.25, -0.2) is 0 Å². The minimum Gasteiger partial charge on any atom is -0.330 e. The quantitative estimate of drug-likeness (QED) is 0.853. The fourth-order valence-electron chi connectivity index (χ4n) is 2.82. The standard InChI is InChI=1S/C14H20ClN/c1-2-11-7-12(9-13(15)8-11)14(10-16)5-3-4-6-14/h7-9H,2-6,10,16H2,1H3. The first kappa shape index (κ1) is 11.9. The first-order valence-electron chi connectivity index (χ1n) is 6.20. The fraction of sp³-hybridized carbons (Fsp3) is 0.571. The number of nitrogens with two attached hydrogens (primary N) is 1. The van der Waals surface area contributed by atoms with Crippen molar-refractivity contribution in [2.75, 3.05) is 6.54 Å². The Balaban J connectivity index is 2.41. The molecule has 0 spiro atoms. The second kappa shape index (κ2) is 4.77. The summed E-state index contributed by atoms with van der Waals surface area (Å²) in [5.41, 5.74) is 8.88. The zero-order valence-corrected chi connectivity index (χ0v) is 10.7. The van der Waals surface area contributed by atoms with Gasteiger partial charge in [-0.05, 0) is 42.5 Å². The summed E-state index contributed by atoms with van der Waals surface area (Å²) in [6.07, 6.45) is 6.06. The highest BCUT2D eigenvalue weighted by molar-refractivity contribution is 6.30. The highest BCUT2D eigenvalue weighted by atomic mass is 35.5. The minimum absolute atomic E-state index is 0.203. The summed E-state index contributed by atoms with van der Waals surface area (Å²) in [6.45, 7) is 2.91. The Hall–Kier alpha value is -0.530. The number of hydrogen-bond acceptors (Lipinski definition) is 1. The summed E-state index contributed by atoms with van der Waals surface area (Å²) in [7, 11) is 0. The van der Waals surface area contributed by atoms with Gasteiger partial charge >= 0.3 is 0 Å². The van der Waals surface area contributed by atoms with E-state index < -0.39 is 0 Å². The normalized spacial score (nSPS) is 18.9. The molecule has 1 aromatic carbocycles. The SMILES string of the molecule is CCc1cc(Cl)cc(C2(CN)CCCC2)c1. The third-order valence-electron chi connectivity index (χ3n) is 3.93. The van der Waals surface area contributed by atoms with Gasteiger partial charge in [0.25, 0.3) is 0 Å². The van der Waals surface area contributed by atoms with Crippen molar-refractivity contribution < 1.29 is 0 Å². The van der Waals surface area contributed by atoms with Crippen LogP contribution in [0.2, 0.25) is 5.02 Å². The molecule has 2 N–H and O–H groups in total. The van der Waals surface area contributed by atoms with Gasteiger partial charge in [-0.2, -0.15) is 0 Å². The molecular weight excluding hydrogens is 218 g/mol. The van der Waals surface area contributed by atoms with Gasteiger partial charge in [0.1, 0.15) is 0 Å². The first-order valence-corrected chi connectivity index (χ1v) is 6.58. The Morgan fingerprint density at radius 2 is 1.94 bits per heavy atom. The maximum absolute atomic E-state index is 6.19. The number of halogens is 1. The molecular formula is C14H20ClN. The van der Waals surface area contributed by atoms with Gasteiger partial charge in [-0.3, -0.25) is 0 Å². The lowest BCUT2D eigenvalue weighted by molar-refractivity contribution is 0.452. The number of benzene rings is 1. The zero-order valence-electron chi connectivity index (χ0n) is 9.93. The average Bonchev–Trinajstić information content (AvgIpc) is 2.78. The molecule has 0 bridgehead atoms. The molecule has 1 fully saturated rings. The van der Waals surface area contributed by atoms with Crippen molar-refractivity contribution in [1.82, 2.24) is 0 Å². The summed E-state index contributed by atoms with van der Waals surface area (Å²) in [5.74, 6) is 0. The van der Waals surface area contributed by atoms with Crippen LogP contribution in [0.25, 0.3) is 0 Å². The van der Waals surface area contributed by atoms with Crippen LogP contribution in [-0.2, 0) is 11.8 Å². The molecule has 1 saturated carbocycles. The maximum atomic E-state index is 6.19. The van der Waals surface area contributed by atoms with E-state index in [0.29, 0.717) is 0 Å². The van der Waals surface area contributed by atoms with E-state index in [2.05, 4.69) is 25.1 Å². The Labute approximate surface area is 103 Å². The van der Waals surface area contributed by atoms with Crippen molar-refractivity contribution >= 4 is 11.6 Å². The molecule has 0 aliphatic heterocycles. The maximum Gasteiger partial charge on any atom is 0.0411 e. The molecule has 0 saturated heterocycles. The lowest BCUT2D eigenvalue weighted by Gasteiger charge is -2.28. The van der Waals surface area contributed by atoms with E-state index in [9.17, 15) is 0 Å². The molecule has 0 amide bonds. The molecule has 16 heavy (non-hydrogen) atoms. The molecule has 0 radical (unpaired) electrons. The van der Waals surface area contributed by atoms with E-state index in [-0.39, 0.29) is 5.41 Å². The van der Waals surface area contributed by atoms with Crippen molar-refractivity contribution in [2.45, 2.75) is 44.4 Å². The lowest BCUT2D eigenvalue weighted by Crippen LogP contribution is -2.32. The molecule has 1 nitrogen and oxygen atoms in total. The van der Waals surface area contributed by atoms with E-state index in [1.165, 1.54) is 36.8 Å². The van der Waals surface area contributed by atoms with Crippen LogP contribution in [0.5, 0.6) is 0 Å². The molecule has 2 rings (SSSR count). The fourth-order valence-corrected chi connectivity index (χ4v) is 3.08. The van der Waals surface area contributed by atoms with Crippen LogP contribution in [0.3, 0.4) is 0 Å². The zero-order chi connectivity index (χ0) is 11.6. The Morgan fingerprint density at radius 3 is 2.50 bits per heavy atom. The van der Waals surface area contributed by atoms with Gasteiger partial charge in [0.15, 0.2) is 0 Å². The molecule has 1 aliphatic rings. The predicted molar refractivity (Wildman–Crippen MR) is 70.0 cm³/mol. The van der Waals surface area contributed by atoms with Crippen LogP contribution < -0.4 is 5.73 Å². The summed E-state index contributed by atoms with van der Waals surface area (Å²) in [5, 5.41) is 0.856. The van der Waals surface area contributed by atoms with Crippen LogP contribution in [0.4, 0.5) is 0 Å². The van der Waals surface area contributed by atoms with Crippen LogP contribution in [0.15, 0.2) is 18.2 Å². The Kier molecular flexibility index (Phi) is 3.56. The van der Waals surface area contributed by atoms with E-state index in [0.717, 1.165) is 18.0 Å². The molecule has 0 aromatic heterocycles. The summed E-state index contributed by atoms with van der Waals surface area (Å²) in [4.78, 5) is 0. The van der Waals surface area contributed by atoms with E-state index in [1.54, 1.807) is 0 Å². The lowest BCUT2D eigenvalue weighted by atomic mass is 9.78. The number of rotatable bonds is 3. The summed E-state index contributed by atoms with van der Waals surface area (Å²) in [6, 6.07) is 6.47. The molecule has 0 atom stereocenters. The van der Waals surface area contributed by atoms with Crippen LogP contribution >= 0.6 is 11.6 Å². The predicted octanol–water partition coefficient (Wildman–Crippen LogP) is 3.67. The van der Waals surface area contributed by atoms with Crippen molar-refractivity contribution in [1.29, 1.82) is 0 Å². The third-order valence-corrected chi connectivity index (χ3v) is 4.15. The van der Waals surface area contributed by atoms with Gasteiger partial charge in [0.05, 0.1) is 0 Å². The minimum atomic E-state index is 0.203. The number of aryl methyl sites for hydroxylation is 1. The average molecular weight is 238 g/mol. The highest BCUT2D eigenvalue weighted by Gasteiger charge is 2.34. The van der Waals surface area contributed by atoms with E-state index in [4.69, 9.17) is 17.3 Å². The van der Waals surface area contributed by atoms with E-state index >= 15 is 0 Å². The molecule has 1 aromatic rings. The van der Waals surface area contributed by atoms with Crippen molar-refractivity contribution in [3.8, 4) is 0 Å². The van der Waals surface area contributed by atoms with Crippen molar-refractivity contribution in [3.05, 3.63) is 34.3 Å². The third kappa shape index (κ3) is 2.11. The largest absolute Gasteiger partial charge is 0.330 e. The molecule has 0 unspecified atom stereocenters. The summed E-state index contributed by atoms with van der Waals surface area (Å²) >= 11 is 6.19. The smallest absolute Gasteiger partial charge is 0.0411 e. The summed E-state index contributed by atoms with van der Waals surface area (Å²) < 4.78 is 0. The van der Waals surface area contributed by atoms with Crippen molar-refractivity contribution in [2.24, 2.45) is 5.73 Å². The van der Waals surface area contributed by atoms with Crippen LogP contribution in [-0.4, -0.2) is 6.54 Å². The molecule has 1 aliphatic carbocycles. The molecule has 88 valence electrons. The second-order valence-corrected chi connectivity index (χ2v) is 5.33. The van der Waals surface area contributed by atoms with Gasteiger partial charge in [-0.15, -0.1) is 0 Å². The van der Waals surface area contributed by atoms with Crippen LogP contribution in [0.1, 0.15) is 43.7 Å². The first-order chi connectivity index (χ1) is 7.70. The van der Waals surface area contributed by atoms with Crippen LogP contribution in [0, 0.1) is 0 Å². The molecule has 0 heterocycles. The van der Waals surface area contributed by atoms with E-state index in [1.807, 2.05) is 0 Å². The Bertz CT molecular complexity index is 367. The van der Waals surface area contributed by atoms with Crippen molar-refractivity contribution in [3.63, 3.8) is 0 Å². The number of hydrogen-bond donors (Lipinski definition) is 1. The van der Waals surface area contributed by atoms with Gasteiger partial charge in [-0.1, -0.05) is 37.4 Å². The monoisotopic (exact) mass is 237 g/mol. The topological polar surface area (TPSA) is 26.0 Å². The van der Waals surface area contributed by atoms with Gasteiger partial charge < -0.3 is 5.73 Å². The van der Waals surface area contributed by atoms with Gasteiger partial charge in [0, 0.05) is 17.0 Å².